The van der Waals surface area contributed by atoms with E-state index in [1.807, 2.05) is 48.2 Å². The Hall–Kier alpha value is -4.07. The van der Waals surface area contributed by atoms with Gasteiger partial charge in [-0.15, -0.1) is 0 Å². The third-order valence-electron chi connectivity index (χ3n) is 5.48. The van der Waals surface area contributed by atoms with Crippen molar-refractivity contribution in [2.24, 2.45) is 5.92 Å². The van der Waals surface area contributed by atoms with Crippen LogP contribution in [0.25, 0.3) is 0 Å². The lowest BCUT2D eigenvalue weighted by Gasteiger charge is -2.36. The first-order valence-electron chi connectivity index (χ1n) is 11.1. The first-order chi connectivity index (χ1) is 17.5. The monoisotopic (exact) mass is 516 g/mol. The molecule has 180 valence electrons. The number of aryl methyl sites for hydroxylation is 1. The number of anilines is 4. The normalized spacial score (nSPS) is 13.1. The zero-order chi connectivity index (χ0) is 25.1. The van der Waals surface area contributed by atoms with Crippen LogP contribution in [0.4, 0.5) is 23.1 Å². The van der Waals surface area contributed by atoms with Crippen LogP contribution in [0.5, 0.6) is 0 Å². The molecule has 2 aromatic carbocycles. The number of aromatic amines is 1. The Morgan fingerprint density at radius 1 is 1.14 bits per heavy atom. The van der Waals surface area contributed by atoms with Crippen LogP contribution in [-0.2, 0) is 0 Å². The highest BCUT2D eigenvalue weighted by atomic mass is 35.5. The number of amides is 1. The number of aromatic nitrogens is 4. The number of nitrogens with one attached hydrogen (secondary N) is 3. The fraction of sp³-hybridized carbons (Fsp3) is 0.160. The van der Waals surface area contributed by atoms with Gasteiger partial charge in [0.25, 0.3) is 5.91 Å². The number of carbonyl (C=O) groups is 1. The van der Waals surface area contributed by atoms with Gasteiger partial charge in [-0.2, -0.15) is 10.4 Å². The molecular weight excluding hydrogens is 496 g/mol. The van der Waals surface area contributed by atoms with Crippen LogP contribution in [0, 0.1) is 24.2 Å². The molecule has 0 aliphatic carbocycles. The second kappa shape index (κ2) is 10.3. The van der Waals surface area contributed by atoms with Crippen molar-refractivity contribution in [2.75, 3.05) is 28.6 Å². The second-order valence-corrected chi connectivity index (χ2v) is 9.69. The summed E-state index contributed by atoms with van der Waals surface area (Å²) in [5.74, 6) is 1.75. The summed E-state index contributed by atoms with van der Waals surface area (Å²) >= 11 is 7.52. The first kappa shape index (κ1) is 23.7. The minimum atomic E-state index is -0.272. The van der Waals surface area contributed by atoms with E-state index >= 15 is 0 Å². The van der Waals surface area contributed by atoms with Gasteiger partial charge < -0.3 is 15.5 Å². The van der Waals surface area contributed by atoms with Crippen LogP contribution in [0.1, 0.15) is 16.1 Å². The molecule has 4 aromatic rings. The Morgan fingerprint density at radius 3 is 2.61 bits per heavy atom. The van der Waals surface area contributed by atoms with Crippen molar-refractivity contribution in [1.82, 2.24) is 20.2 Å². The molecule has 1 fully saturated rings. The molecule has 3 heterocycles. The molecule has 0 atom stereocenters. The van der Waals surface area contributed by atoms with E-state index in [9.17, 15) is 4.79 Å². The van der Waals surface area contributed by atoms with Crippen molar-refractivity contribution in [2.45, 2.75) is 17.0 Å². The fourth-order valence-corrected chi connectivity index (χ4v) is 4.59. The van der Waals surface area contributed by atoms with E-state index in [1.165, 1.54) is 11.8 Å². The Labute approximate surface area is 216 Å². The summed E-state index contributed by atoms with van der Waals surface area (Å²) in [4.78, 5) is 24.8. The highest BCUT2D eigenvalue weighted by Crippen LogP contribution is 2.32. The molecule has 0 radical (unpaired) electrons. The number of nitrogens with zero attached hydrogens (tertiary/aromatic N) is 5. The van der Waals surface area contributed by atoms with E-state index in [1.54, 1.807) is 24.3 Å². The average molecular weight is 517 g/mol. The van der Waals surface area contributed by atoms with Gasteiger partial charge >= 0.3 is 0 Å². The molecule has 11 heteroatoms. The first-order valence-corrected chi connectivity index (χ1v) is 12.3. The Bertz CT molecular complexity index is 1440. The zero-order valence-electron chi connectivity index (χ0n) is 19.2. The van der Waals surface area contributed by atoms with Gasteiger partial charge in [-0.1, -0.05) is 23.7 Å². The third-order valence-corrected chi connectivity index (χ3v) is 6.68. The molecule has 36 heavy (non-hydrogen) atoms. The summed E-state index contributed by atoms with van der Waals surface area (Å²) in [6, 6.07) is 20.4. The molecule has 3 N–H and O–H groups in total. The molecule has 1 aliphatic heterocycles. The average Bonchev–Trinajstić information content (AvgIpc) is 3.24. The standard InChI is InChI=1S/C25H21ClN8OS/c1-15-10-22(33-32-15)29-21-11-23(34-13-16(12-27)14-34)31-25(30-21)36-18-8-6-17(7-9-18)28-24(35)19-4-2-3-5-20(19)26/h2-11,16H,13-14H2,1H3,(H,28,35)(H2,29,30,31,32,33). The summed E-state index contributed by atoms with van der Waals surface area (Å²) in [6.07, 6.45) is 0. The maximum Gasteiger partial charge on any atom is 0.257 e. The summed E-state index contributed by atoms with van der Waals surface area (Å²) in [6.45, 7) is 3.20. The number of rotatable bonds is 7. The summed E-state index contributed by atoms with van der Waals surface area (Å²) < 4.78 is 0. The molecule has 0 spiro atoms. The van der Waals surface area contributed by atoms with Crippen LogP contribution < -0.4 is 15.5 Å². The minimum absolute atomic E-state index is 0.00925. The van der Waals surface area contributed by atoms with Crippen molar-refractivity contribution in [3.63, 3.8) is 0 Å². The van der Waals surface area contributed by atoms with Crippen LogP contribution in [0.15, 0.2) is 70.7 Å². The van der Waals surface area contributed by atoms with E-state index in [0.717, 1.165) is 16.4 Å². The van der Waals surface area contributed by atoms with Crippen molar-refractivity contribution < 1.29 is 4.79 Å². The predicted octanol–water partition coefficient (Wildman–Crippen LogP) is 5.27. The molecular formula is C25H21ClN8OS. The number of benzene rings is 2. The maximum absolute atomic E-state index is 12.5. The van der Waals surface area contributed by atoms with Crippen LogP contribution in [0.2, 0.25) is 5.02 Å². The van der Waals surface area contributed by atoms with E-state index in [0.29, 0.717) is 46.2 Å². The molecule has 0 bridgehead atoms. The van der Waals surface area contributed by atoms with Crippen molar-refractivity contribution >= 4 is 52.4 Å². The highest BCUT2D eigenvalue weighted by Gasteiger charge is 2.28. The van der Waals surface area contributed by atoms with Gasteiger partial charge in [0.1, 0.15) is 11.6 Å². The highest BCUT2D eigenvalue weighted by molar-refractivity contribution is 7.99. The smallest absolute Gasteiger partial charge is 0.257 e. The summed E-state index contributed by atoms with van der Waals surface area (Å²) in [5, 5.41) is 23.3. The van der Waals surface area contributed by atoms with Crippen LogP contribution in [0.3, 0.4) is 0 Å². The van der Waals surface area contributed by atoms with E-state index in [2.05, 4.69) is 31.9 Å². The lowest BCUT2D eigenvalue weighted by atomic mass is 10.0. The number of nitriles is 1. The van der Waals surface area contributed by atoms with Crippen molar-refractivity contribution in [3.05, 3.63) is 76.9 Å². The van der Waals surface area contributed by atoms with Gasteiger partial charge in [0, 0.05) is 41.5 Å². The molecule has 5 rings (SSSR count). The molecule has 1 amide bonds. The van der Waals surface area contributed by atoms with Gasteiger partial charge in [0.15, 0.2) is 11.0 Å². The van der Waals surface area contributed by atoms with Crippen molar-refractivity contribution in [3.8, 4) is 6.07 Å². The van der Waals surface area contributed by atoms with Gasteiger partial charge in [0.05, 0.1) is 22.6 Å². The van der Waals surface area contributed by atoms with Gasteiger partial charge in [-0.3, -0.25) is 9.89 Å². The molecule has 1 saturated heterocycles. The van der Waals surface area contributed by atoms with Crippen LogP contribution >= 0.6 is 23.4 Å². The van der Waals surface area contributed by atoms with E-state index in [-0.39, 0.29) is 11.8 Å². The minimum Gasteiger partial charge on any atom is -0.354 e. The van der Waals surface area contributed by atoms with Gasteiger partial charge in [-0.05, 0) is 55.1 Å². The zero-order valence-corrected chi connectivity index (χ0v) is 20.8. The Morgan fingerprint density at radius 2 is 1.92 bits per heavy atom. The fourth-order valence-electron chi connectivity index (χ4n) is 3.60. The number of carbonyl (C=O) groups excluding carboxylic acids is 1. The number of halogens is 1. The van der Waals surface area contributed by atoms with Crippen molar-refractivity contribution in [1.29, 1.82) is 5.26 Å². The molecule has 2 aromatic heterocycles. The topological polar surface area (TPSA) is 123 Å². The maximum atomic E-state index is 12.5. The lowest BCUT2D eigenvalue weighted by Crippen LogP contribution is -2.46. The lowest BCUT2D eigenvalue weighted by molar-refractivity contribution is 0.102. The Kier molecular flexibility index (Phi) is 6.75. The third kappa shape index (κ3) is 5.43. The Balaban J connectivity index is 1.32. The summed E-state index contributed by atoms with van der Waals surface area (Å²) in [5.41, 5.74) is 2.00. The SMILES string of the molecule is Cc1cc(Nc2cc(N3CC(C#N)C3)nc(Sc3ccc(NC(=O)c4ccccc4Cl)cc3)n2)n[nH]1. The molecule has 9 nitrogen and oxygen atoms in total. The predicted molar refractivity (Wildman–Crippen MR) is 140 cm³/mol. The molecule has 0 saturated carbocycles. The number of hydrogen-bond acceptors (Lipinski definition) is 8. The largest absolute Gasteiger partial charge is 0.354 e. The van der Waals surface area contributed by atoms with E-state index in [4.69, 9.17) is 21.8 Å². The van der Waals surface area contributed by atoms with Gasteiger partial charge in [-0.25, -0.2) is 9.97 Å². The quantitative estimate of drug-likeness (QED) is 0.284. The van der Waals surface area contributed by atoms with E-state index < -0.39 is 0 Å². The summed E-state index contributed by atoms with van der Waals surface area (Å²) in [7, 11) is 0. The van der Waals surface area contributed by atoms with Gasteiger partial charge in [0.2, 0.25) is 0 Å². The molecule has 1 aliphatic rings. The molecule has 0 unspecified atom stereocenters. The number of H-pyrrole nitrogens is 1. The second-order valence-electron chi connectivity index (χ2n) is 8.25. The number of hydrogen-bond donors (Lipinski definition) is 3. The van der Waals surface area contributed by atoms with Crippen LogP contribution in [-0.4, -0.2) is 39.2 Å².